The highest BCUT2D eigenvalue weighted by Gasteiger charge is 2.33. The molecule has 2 rings (SSSR count). The van der Waals surface area contributed by atoms with Crippen LogP contribution in [0.5, 0.6) is 0 Å². The van der Waals surface area contributed by atoms with Crippen LogP contribution < -0.4 is 0 Å². The van der Waals surface area contributed by atoms with E-state index in [4.69, 9.17) is 12.2 Å². The van der Waals surface area contributed by atoms with E-state index in [-0.39, 0.29) is 11.9 Å². The normalized spacial score (nSPS) is 18.5. The van der Waals surface area contributed by atoms with Gasteiger partial charge in [0.15, 0.2) is 0 Å². The SMILES string of the molecule is CC(C)N1C(=O)/C(=C\c2ccccc2)SC1=S. The molecule has 1 heterocycles. The van der Waals surface area contributed by atoms with E-state index in [2.05, 4.69) is 0 Å². The highest BCUT2D eigenvalue weighted by Crippen LogP contribution is 2.33. The van der Waals surface area contributed by atoms with Gasteiger partial charge in [-0.25, -0.2) is 0 Å². The van der Waals surface area contributed by atoms with E-state index in [9.17, 15) is 4.79 Å². The van der Waals surface area contributed by atoms with Crippen molar-refractivity contribution in [2.24, 2.45) is 0 Å². The van der Waals surface area contributed by atoms with Gasteiger partial charge in [-0.15, -0.1) is 0 Å². The van der Waals surface area contributed by atoms with Crippen LogP contribution in [0.4, 0.5) is 0 Å². The third kappa shape index (κ3) is 2.58. The van der Waals surface area contributed by atoms with Crippen LogP contribution in [0.15, 0.2) is 35.2 Å². The second-order valence-electron chi connectivity index (χ2n) is 4.06. The van der Waals surface area contributed by atoms with Crippen LogP contribution in [-0.2, 0) is 4.79 Å². The van der Waals surface area contributed by atoms with Crippen molar-refractivity contribution >= 4 is 40.3 Å². The van der Waals surface area contributed by atoms with Crippen LogP contribution in [-0.4, -0.2) is 21.2 Å². The number of benzene rings is 1. The minimum absolute atomic E-state index is 0.0128. The quantitative estimate of drug-likeness (QED) is 0.603. The lowest BCUT2D eigenvalue weighted by Gasteiger charge is -2.18. The number of hydrogen-bond acceptors (Lipinski definition) is 3. The Hall–Kier alpha value is -1.13. The molecule has 0 bridgehead atoms. The number of carbonyl (C=O) groups is 1. The lowest BCUT2D eigenvalue weighted by molar-refractivity contribution is -0.123. The first-order valence-electron chi connectivity index (χ1n) is 5.41. The Bertz CT molecular complexity index is 479. The van der Waals surface area contributed by atoms with Crippen molar-refractivity contribution in [3.63, 3.8) is 0 Å². The van der Waals surface area contributed by atoms with Gasteiger partial charge in [0.25, 0.3) is 5.91 Å². The average Bonchev–Trinajstić information content (AvgIpc) is 2.55. The van der Waals surface area contributed by atoms with Gasteiger partial charge in [0.1, 0.15) is 4.32 Å². The Morgan fingerprint density at radius 3 is 2.47 bits per heavy atom. The Balaban J connectivity index is 2.28. The number of amides is 1. The molecule has 0 aromatic heterocycles. The summed E-state index contributed by atoms with van der Waals surface area (Å²) in [5, 5.41) is 0. The van der Waals surface area contributed by atoms with Gasteiger partial charge in [0, 0.05) is 6.04 Å². The second-order valence-corrected chi connectivity index (χ2v) is 5.73. The maximum absolute atomic E-state index is 12.1. The van der Waals surface area contributed by atoms with Crippen molar-refractivity contribution in [2.45, 2.75) is 19.9 Å². The number of thioether (sulfide) groups is 1. The van der Waals surface area contributed by atoms with Crippen LogP contribution in [0.25, 0.3) is 6.08 Å². The average molecular weight is 263 g/mol. The summed E-state index contributed by atoms with van der Waals surface area (Å²) in [4.78, 5) is 14.5. The van der Waals surface area contributed by atoms with Crippen LogP contribution in [0.3, 0.4) is 0 Å². The molecule has 1 aromatic rings. The number of rotatable bonds is 2. The molecule has 1 aromatic carbocycles. The van der Waals surface area contributed by atoms with Crippen molar-refractivity contribution in [2.75, 3.05) is 0 Å². The van der Waals surface area contributed by atoms with E-state index >= 15 is 0 Å². The fraction of sp³-hybridized carbons (Fsp3) is 0.231. The lowest BCUT2D eigenvalue weighted by atomic mass is 10.2. The zero-order valence-electron chi connectivity index (χ0n) is 9.71. The summed E-state index contributed by atoms with van der Waals surface area (Å²) >= 11 is 6.59. The van der Waals surface area contributed by atoms with Gasteiger partial charge in [0.2, 0.25) is 0 Å². The van der Waals surface area contributed by atoms with Gasteiger partial charge < -0.3 is 0 Å². The van der Waals surface area contributed by atoms with Crippen LogP contribution >= 0.6 is 24.0 Å². The number of carbonyl (C=O) groups excluding carboxylic acids is 1. The first-order valence-corrected chi connectivity index (χ1v) is 6.64. The molecule has 0 unspecified atom stereocenters. The van der Waals surface area contributed by atoms with E-state index in [0.717, 1.165) is 5.56 Å². The molecule has 0 spiro atoms. The van der Waals surface area contributed by atoms with Crippen LogP contribution in [0, 0.1) is 0 Å². The van der Waals surface area contributed by atoms with E-state index in [1.165, 1.54) is 11.8 Å². The molecule has 0 atom stereocenters. The fourth-order valence-corrected chi connectivity index (χ4v) is 3.15. The Labute approximate surface area is 111 Å². The van der Waals surface area contributed by atoms with Gasteiger partial charge in [-0.3, -0.25) is 9.69 Å². The summed E-state index contributed by atoms with van der Waals surface area (Å²) in [6.07, 6.45) is 1.89. The maximum Gasteiger partial charge on any atom is 0.266 e. The predicted octanol–water partition coefficient (Wildman–Crippen LogP) is 3.30. The van der Waals surface area contributed by atoms with Gasteiger partial charge in [-0.05, 0) is 25.5 Å². The highest BCUT2D eigenvalue weighted by atomic mass is 32.2. The smallest absolute Gasteiger partial charge is 0.266 e. The van der Waals surface area contributed by atoms with Crippen LogP contribution in [0.2, 0.25) is 0 Å². The Kier molecular flexibility index (Phi) is 3.64. The zero-order chi connectivity index (χ0) is 12.4. The Morgan fingerprint density at radius 1 is 1.29 bits per heavy atom. The third-order valence-electron chi connectivity index (χ3n) is 2.44. The molecule has 0 radical (unpaired) electrons. The first kappa shape index (κ1) is 12.3. The number of nitrogens with zero attached hydrogens (tertiary/aromatic N) is 1. The van der Waals surface area contributed by atoms with Crippen molar-refractivity contribution < 1.29 is 4.79 Å². The predicted molar refractivity (Wildman–Crippen MR) is 76.6 cm³/mol. The van der Waals surface area contributed by atoms with Crippen LogP contribution in [0.1, 0.15) is 19.4 Å². The van der Waals surface area contributed by atoms with E-state index in [1.54, 1.807) is 4.90 Å². The minimum atomic E-state index is 0.0128. The van der Waals surface area contributed by atoms with E-state index in [0.29, 0.717) is 9.23 Å². The molecule has 17 heavy (non-hydrogen) atoms. The topological polar surface area (TPSA) is 20.3 Å². The summed E-state index contributed by atoms with van der Waals surface area (Å²) in [6, 6.07) is 9.93. The molecule has 0 N–H and O–H groups in total. The molecule has 88 valence electrons. The zero-order valence-corrected chi connectivity index (χ0v) is 11.3. The molecule has 1 aliphatic rings. The molecule has 1 fully saturated rings. The molecule has 4 heteroatoms. The lowest BCUT2D eigenvalue weighted by Crippen LogP contribution is -2.34. The highest BCUT2D eigenvalue weighted by molar-refractivity contribution is 8.26. The van der Waals surface area contributed by atoms with Gasteiger partial charge >= 0.3 is 0 Å². The molecule has 2 nitrogen and oxygen atoms in total. The summed E-state index contributed by atoms with van der Waals surface area (Å²) in [5.41, 5.74) is 1.02. The standard InChI is InChI=1S/C13H13NOS2/c1-9(2)14-12(15)11(17-13(14)16)8-10-6-4-3-5-7-10/h3-9H,1-2H3/b11-8+. The number of thiocarbonyl (C=S) groups is 1. The Morgan fingerprint density at radius 2 is 1.94 bits per heavy atom. The molecule has 1 saturated heterocycles. The first-order chi connectivity index (χ1) is 8.09. The molecule has 1 amide bonds. The van der Waals surface area contributed by atoms with Crippen molar-refractivity contribution in [1.29, 1.82) is 0 Å². The summed E-state index contributed by atoms with van der Waals surface area (Å²) in [6.45, 7) is 3.94. The van der Waals surface area contributed by atoms with Crippen molar-refractivity contribution in [3.8, 4) is 0 Å². The van der Waals surface area contributed by atoms with Gasteiger partial charge in [0.05, 0.1) is 4.91 Å². The van der Waals surface area contributed by atoms with Crippen molar-refractivity contribution in [1.82, 2.24) is 4.90 Å². The van der Waals surface area contributed by atoms with Crippen molar-refractivity contribution in [3.05, 3.63) is 40.8 Å². The molecule has 0 aliphatic carbocycles. The van der Waals surface area contributed by atoms with Gasteiger partial charge in [-0.2, -0.15) is 0 Å². The third-order valence-corrected chi connectivity index (χ3v) is 3.77. The molecular weight excluding hydrogens is 250 g/mol. The largest absolute Gasteiger partial charge is 0.290 e. The fourth-order valence-electron chi connectivity index (χ4n) is 1.63. The number of hydrogen-bond donors (Lipinski definition) is 0. The summed E-state index contributed by atoms with van der Waals surface area (Å²) in [7, 11) is 0. The monoisotopic (exact) mass is 263 g/mol. The molecule has 1 aliphatic heterocycles. The minimum Gasteiger partial charge on any atom is -0.290 e. The summed E-state index contributed by atoms with van der Waals surface area (Å²) in [5.74, 6) is 0.0128. The van der Waals surface area contributed by atoms with E-state index in [1.807, 2.05) is 50.3 Å². The summed E-state index contributed by atoms with van der Waals surface area (Å²) < 4.78 is 0.646. The van der Waals surface area contributed by atoms with Gasteiger partial charge in [-0.1, -0.05) is 54.3 Å². The van der Waals surface area contributed by atoms with E-state index < -0.39 is 0 Å². The maximum atomic E-state index is 12.1. The molecular formula is C13H13NOS2. The second kappa shape index (κ2) is 5.02. The molecule has 0 saturated carbocycles.